The second-order valence-corrected chi connectivity index (χ2v) is 8.98. The van der Waals surface area contributed by atoms with Gasteiger partial charge in [-0.25, -0.2) is 0 Å². The summed E-state index contributed by atoms with van der Waals surface area (Å²) in [4.78, 5) is 13.4. The first-order chi connectivity index (χ1) is 15.3. The largest absolute Gasteiger partial charge is 0.495 e. The molecule has 0 aliphatic heterocycles. The van der Waals surface area contributed by atoms with Crippen molar-refractivity contribution in [3.63, 3.8) is 0 Å². The van der Waals surface area contributed by atoms with Gasteiger partial charge in [0.25, 0.3) is 0 Å². The minimum Gasteiger partial charge on any atom is -0.495 e. The number of thioether (sulfide) groups is 1. The van der Waals surface area contributed by atoms with Gasteiger partial charge in [0, 0.05) is 27.4 Å². The van der Waals surface area contributed by atoms with Gasteiger partial charge in [0.1, 0.15) is 5.75 Å². The minimum atomic E-state index is -0.134. The van der Waals surface area contributed by atoms with Gasteiger partial charge < -0.3 is 20.7 Å². The molecule has 8 heteroatoms. The van der Waals surface area contributed by atoms with E-state index < -0.39 is 0 Å². The van der Waals surface area contributed by atoms with Crippen LogP contribution in [0.5, 0.6) is 5.75 Å². The maximum Gasteiger partial charge on any atom is 0.234 e. The molecule has 0 bridgehead atoms. The van der Waals surface area contributed by atoms with Gasteiger partial charge in [0.05, 0.1) is 18.6 Å². The van der Waals surface area contributed by atoms with Gasteiger partial charge in [-0.15, -0.1) is 11.8 Å². The van der Waals surface area contributed by atoms with Crippen LogP contribution in [-0.4, -0.2) is 23.9 Å². The highest BCUT2D eigenvalue weighted by Crippen LogP contribution is 2.31. The third-order valence-corrected chi connectivity index (χ3v) is 6.13. The van der Waals surface area contributed by atoms with Gasteiger partial charge in [-0.05, 0) is 68.0 Å². The van der Waals surface area contributed by atoms with Crippen LogP contribution >= 0.6 is 35.6 Å². The van der Waals surface area contributed by atoms with Crippen LogP contribution in [-0.2, 0) is 4.79 Å². The fourth-order valence-electron chi connectivity index (χ4n) is 2.86. The molecule has 3 N–H and O–H groups in total. The molecular weight excluding hydrogens is 462 g/mol. The zero-order valence-corrected chi connectivity index (χ0v) is 20.4. The summed E-state index contributed by atoms with van der Waals surface area (Å²) in [6, 6.07) is 19.2. The molecule has 5 nitrogen and oxygen atoms in total. The summed E-state index contributed by atoms with van der Waals surface area (Å²) in [5, 5.41) is 10.3. The van der Waals surface area contributed by atoms with Crippen molar-refractivity contribution in [2.24, 2.45) is 0 Å². The Bertz CT molecular complexity index is 1120. The number of ether oxygens (including phenoxy) is 1. The second kappa shape index (κ2) is 11.2. The molecule has 0 aliphatic rings. The van der Waals surface area contributed by atoms with Gasteiger partial charge in [0.2, 0.25) is 5.91 Å². The Morgan fingerprint density at radius 2 is 1.72 bits per heavy atom. The first-order valence-corrected chi connectivity index (χ1v) is 11.6. The monoisotopic (exact) mass is 485 g/mol. The number of benzene rings is 3. The molecule has 0 aliphatic carbocycles. The predicted molar refractivity (Wildman–Crippen MR) is 140 cm³/mol. The molecule has 0 saturated carbocycles. The van der Waals surface area contributed by atoms with E-state index in [1.54, 1.807) is 19.2 Å². The first kappa shape index (κ1) is 23.9. The number of halogens is 1. The summed E-state index contributed by atoms with van der Waals surface area (Å²) in [5.74, 6) is 0.644. The van der Waals surface area contributed by atoms with Gasteiger partial charge >= 0.3 is 0 Å². The van der Waals surface area contributed by atoms with E-state index in [1.807, 2.05) is 62.4 Å². The number of anilines is 3. The molecule has 3 rings (SSSR count). The van der Waals surface area contributed by atoms with Crippen LogP contribution in [0.15, 0.2) is 65.6 Å². The van der Waals surface area contributed by atoms with Crippen LogP contribution in [0.2, 0.25) is 5.02 Å². The molecule has 0 radical (unpaired) electrons. The minimum absolute atomic E-state index is 0.134. The number of amides is 1. The molecule has 0 saturated heterocycles. The van der Waals surface area contributed by atoms with Crippen molar-refractivity contribution in [2.45, 2.75) is 18.7 Å². The lowest BCUT2D eigenvalue weighted by molar-refractivity contribution is -0.113. The average molecular weight is 486 g/mol. The Kier molecular flexibility index (Phi) is 8.39. The fraction of sp³-hybridized carbons (Fsp3) is 0.167. The van der Waals surface area contributed by atoms with Crippen molar-refractivity contribution in [1.29, 1.82) is 0 Å². The topological polar surface area (TPSA) is 62.4 Å². The number of rotatable bonds is 7. The van der Waals surface area contributed by atoms with Crippen LogP contribution in [0.4, 0.5) is 17.1 Å². The molecule has 3 aromatic carbocycles. The Morgan fingerprint density at radius 1 is 1.00 bits per heavy atom. The van der Waals surface area contributed by atoms with Crippen LogP contribution < -0.4 is 20.7 Å². The van der Waals surface area contributed by atoms with E-state index in [9.17, 15) is 4.79 Å². The Hall–Kier alpha value is -2.74. The van der Waals surface area contributed by atoms with Crippen molar-refractivity contribution in [2.75, 3.05) is 28.8 Å². The van der Waals surface area contributed by atoms with E-state index in [0.717, 1.165) is 21.8 Å². The van der Waals surface area contributed by atoms with Crippen LogP contribution in [0.3, 0.4) is 0 Å². The van der Waals surface area contributed by atoms with Crippen molar-refractivity contribution < 1.29 is 9.53 Å². The highest BCUT2D eigenvalue weighted by molar-refractivity contribution is 8.00. The summed E-state index contributed by atoms with van der Waals surface area (Å²) >= 11 is 13.0. The highest BCUT2D eigenvalue weighted by atomic mass is 35.5. The third-order valence-electron chi connectivity index (χ3n) is 4.53. The number of nitrogens with one attached hydrogen (secondary N) is 3. The maximum atomic E-state index is 12.5. The average Bonchev–Trinajstić information content (AvgIpc) is 2.76. The zero-order valence-electron chi connectivity index (χ0n) is 18.0. The van der Waals surface area contributed by atoms with Crippen LogP contribution in [0.25, 0.3) is 0 Å². The third kappa shape index (κ3) is 6.88. The molecule has 0 heterocycles. The molecule has 3 aromatic rings. The van der Waals surface area contributed by atoms with Gasteiger partial charge in [-0.3, -0.25) is 4.79 Å². The number of hydrogen-bond acceptors (Lipinski definition) is 4. The highest BCUT2D eigenvalue weighted by Gasteiger charge is 2.11. The van der Waals surface area contributed by atoms with E-state index >= 15 is 0 Å². The number of methoxy groups -OCH3 is 1. The lowest BCUT2D eigenvalue weighted by Crippen LogP contribution is -2.19. The van der Waals surface area contributed by atoms with E-state index in [4.69, 9.17) is 28.6 Å². The quantitative estimate of drug-likeness (QED) is 0.262. The molecule has 166 valence electrons. The molecule has 0 aromatic heterocycles. The summed E-state index contributed by atoms with van der Waals surface area (Å²) in [6.07, 6.45) is 0. The second-order valence-electron chi connectivity index (χ2n) is 7.11. The zero-order chi connectivity index (χ0) is 23.1. The van der Waals surface area contributed by atoms with Crippen molar-refractivity contribution >= 4 is 63.7 Å². The number of aryl methyl sites for hydroxylation is 2. The Morgan fingerprint density at radius 3 is 2.44 bits per heavy atom. The van der Waals surface area contributed by atoms with Crippen LogP contribution in [0.1, 0.15) is 11.1 Å². The van der Waals surface area contributed by atoms with Crippen molar-refractivity contribution in [3.8, 4) is 5.75 Å². The van der Waals surface area contributed by atoms with Gasteiger partial charge in [0.15, 0.2) is 5.11 Å². The fourth-order valence-corrected chi connectivity index (χ4v) is 4.00. The smallest absolute Gasteiger partial charge is 0.234 e. The first-order valence-electron chi connectivity index (χ1n) is 9.85. The summed E-state index contributed by atoms with van der Waals surface area (Å²) in [7, 11) is 1.54. The lowest BCUT2D eigenvalue weighted by atomic mass is 10.2. The number of hydrogen-bond donors (Lipinski definition) is 3. The van der Waals surface area contributed by atoms with Gasteiger partial charge in [-0.1, -0.05) is 35.4 Å². The SMILES string of the molecule is COc1cc(Cl)c(C)cc1NC(=O)CSc1cccc(NC(=S)Nc2ccc(C)cc2)c1. The Balaban J connectivity index is 1.55. The van der Waals surface area contributed by atoms with E-state index in [0.29, 0.717) is 21.6 Å². The molecule has 32 heavy (non-hydrogen) atoms. The molecule has 0 spiro atoms. The molecule has 0 atom stereocenters. The normalized spacial score (nSPS) is 10.4. The van der Waals surface area contributed by atoms with Gasteiger partial charge in [-0.2, -0.15) is 0 Å². The van der Waals surface area contributed by atoms with E-state index in [-0.39, 0.29) is 11.7 Å². The van der Waals surface area contributed by atoms with Crippen molar-refractivity contribution in [3.05, 3.63) is 76.8 Å². The number of thiocarbonyl (C=S) groups is 1. The van der Waals surface area contributed by atoms with Crippen LogP contribution in [0, 0.1) is 13.8 Å². The summed E-state index contributed by atoms with van der Waals surface area (Å²) < 4.78 is 5.31. The lowest BCUT2D eigenvalue weighted by Gasteiger charge is -2.13. The Labute approximate surface area is 202 Å². The maximum absolute atomic E-state index is 12.5. The molecule has 0 fully saturated rings. The van der Waals surface area contributed by atoms with E-state index in [2.05, 4.69) is 16.0 Å². The van der Waals surface area contributed by atoms with E-state index in [1.165, 1.54) is 17.3 Å². The standard InChI is InChI=1S/C24H24ClN3O2S2/c1-15-7-9-17(10-8-15)26-24(31)27-18-5-4-6-19(12-18)32-14-23(29)28-21-11-16(2)20(25)13-22(21)30-3/h4-13H,14H2,1-3H3,(H,28,29)(H2,26,27,31). The number of carbonyl (C=O) groups is 1. The summed E-state index contributed by atoms with van der Waals surface area (Å²) in [5.41, 5.74) is 4.42. The predicted octanol–water partition coefficient (Wildman–Crippen LogP) is 6.51. The summed E-state index contributed by atoms with van der Waals surface area (Å²) in [6.45, 7) is 3.92. The number of carbonyl (C=O) groups excluding carboxylic acids is 1. The van der Waals surface area contributed by atoms with Crippen molar-refractivity contribution in [1.82, 2.24) is 0 Å². The molecule has 0 unspecified atom stereocenters. The molecular formula is C24H24ClN3O2S2. The molecule has 1 amide bonds.